The number of methoxy groups -OCH3 is 1. The van der Waals surface area contributed by atoms with Crippen LogP contribution in [0, 0.1) is 0 Å². The molecule has 0 heterocycles. The highest BCUT2D eigenvalue weighted by atomic mass is 16.6. The zero-order valence-corrected chi connectivity index (χ0v) is 13.0. The lowest BCUT2D eigenvalue weighted by atomic mass is 10.1. The van der Waals surface area contributed by atoms with Crippen LogP contribution in [0.4, 0.5) is 10.5 Å². The second kappa shape index (κ2) is 7.04. The Bertz CT molecular complexity index is 548. The molecule has 1 aromatic carbocycles. The normalized spacial score (nSPS) is 12.2. The molecule has 0 aliphatic heterocycles. The van der Waals surface area contributed by atoms with Crippen LogP contribution in [-0.4, -0.2) is 31.2 Å². The predicted octanol–water partition coefficient (Wildman–Crippen LogP) is 1.76. The molecule has 2 amide bonds. The summed E-state index contributed by atoms with van der Waals surface area (Å²) in [6.07, 6.45) is -0.420. The molecule has 2 N–H and O–H groups in total. The number of rotatable bonds is 4. The van der Waals surface area contributed by atoms with E-state index in [4.69, 9.17) is 10.5 Å². The number of hydrogen-bond acceptors (Lipinski definition) is 6. The van der Waals surface area contributed by atoms with Gasteiger partial charge in [-0.15, -0.1) is 0 Å². The summed E-state index contributed by atoms with van der Waals surface area (Å²) in [5, 5.41) is 0. The molecule has 22 heavy (non-hydrogen) atoms. The molecule has 0 saturated carbocycles. The van der Waals surface area contributed by atoms with Gasteiger partial charge in [-0.2, -0.15) is 0 Å². The van der Waals surface area contributed by atoms with Crippen molar-refractivity contribution in [2.24, 2.45) is 5.73 Å². The topological polar surface area (TPSA) is 98.9 Å². The van der Waals surface area contributed by atoms with Crippen molar-refractivity contribution in [1.82, 2.24) is 0 Å². The van der Waals surface area contributed by atoms with Crippen LogP contribution >= 0.6 is 0 Å². The van der Waals surface area contributed by atoms with E-state index in [1.807, 2.05) is 0 Å². The molecule has 0 spiro atoms. The number of imide groups is 1. The number of carbonyl (C=O) groups excluding carboxylic acids is 3. The van der Waals surface area contributed by atoms with Crippen LogP contribution in [0.1, 0.15) is 32.4 Å². The number of anilines is 1. The van der Waals surface area contributed by atoms with Gasteiger partial charge < -0.3 is 15.2 Å². The van der Waals surface area contributed by atoms with Gasteiger partial charge in [0.05, 0.1) is 12.8 Å². The smallest absolute Gasteiger partial charge is 0.421 e. The fourth-order valence-electron chi connectivity index (χ4n) is 1.63. The molecule has 0 bridgehead atoms. The van der Waals surface area contributed by atoms with Crippen molar-refractivity contribution in [3.63, 3.8) is 0 Å². The van der Waals surface area contributed by atoms with Gasteiger partial charge in [0.2, 0.25) is 6.41 Å². The fourth-order valence-corrected chi connectivity index (χ4v) is 1.63. The summed E-state index contributed by atoms with van der Waals surface area (Å²) in [4.78, 5) is 35.3. The Labute approximate surface area is 129 Å². The molecule has 1 aromatic rings. The van der Waals surface area contributed by atoms with Crippen LogP contribution in [0.5, 0.6) is 0 Å². The highest BCUT2D eigenvalue weighted by molar-refractivity contribution is 6.03. The van der Waals surface area contributed by atoms with Crippen molar-refractivity contribution in [3.05, 3.63) is 29.8 Å². The van der Waals surface area contributed by atoms with Crippen molar-refractivity contribution in [1.29, 1.82) is 0 Å². The maximum absolute atomic E-state index is 11.9. The Morgan fingerprint density at radius 1 is 1.23 bits per heavy atom. The molecular formula is C15H20N2O5. The van der Waals surface area contributed by atoms with E-state index < -0.39 is 23.7 Å². The highest BCUT2D eigenvalue weighted by Crippen LogP contribution is 2.20. The zero-order chi connectivity index (χ0) is 16.9. The minimum Gasteiger partial charge on any atom is -0.468 e. The summed E-state index contributed by atoms with van der Waals surface area (Å²) in [5.41, 5.74) is 5.80. The van der Waals surface area contributed by atoms with Gasteiger partial charge in [-0.25, -0.2) is 9.69 Å². The molecule has 120 valence electrons. The first-order chi connectivity index (χ1) is 10.2. The van der Waals surface area contributed by atoms with E-state index in [0.29, 0.717) is 17.7 Å². The highest BCUT2D eigenvalue weighted by Gasteiger charge is 2.23. The maximum atomic E-state index is 11.9. The average molecular weight is 308 g/mol. The molecule has 1 atom stereocenters. The summed E-state index contributed by atoms with van der Waals surface area (Å²) < 4.78 is 9.69. The average Bonchev–Trinajstić information content (AvgIpc) is 2.45. The molecule has 0 aromatic heterocycles. The van der Waals surface area contributed by atoms with Crippen LogP contribution in [-0.2, 0) is 19.1 Å². The summed E-state index contributed by atoms with van der Waals surface area (Å²) in [6.45, 7) is 5.10. The lowest BCUT2D eigenvalue weighted by Gasteiger charge is -2.23. The molecule has 0 fully saturated rings. The second-order valence-electron chi connectivity index (χ2n) is 5.55. The Balaban J connectivity index is 2.94. The predicted molar refractivity (Wildman–Crippen MR) is 80.2 cm³/mol. The Kier molecular flexibility index (Phi) is 5.64. The third-order valence-electron chi connectivity index (χ3n) is 2.68. The number of nitrogens with zero attached hydrogens (tertiary/aromatic N) is 1. The SMILES string of the molecule is COC(=O)[C@H](N)c1ccc(N(C=O)C(=O)OC(C)(C)C)cc1. The summed E-state index contributed by atoms with van der Waals surface area (Å²) in [5.74, 6) is -0.577. The first kappa shape index (κ1) is 17.6. The lowest BCUT2D eigenvalue weighted by Crippen LogP contribution is -2.36. The van der Waals surface area contributed by atoms with E-state index in [1.165, 1.54) is 31.4 Å². The van der Waals surface area contributed by atoms with Crippen molar-refractivity contribution in [2.75, 3.05) is 12.0 Å². The Hall–Kier alpha value is -2.41. The Morgan fingerprint density at radius 3 is 2.18 bits per heavy atom. The molecule has 7 nitrogen and oxygen atoms in total. The quantitative estimate of drug-likeness (QED) is 0.672. The maximum Gasteiger partial charge on any atom is 0.421 e. The van der Waals surface area contributed by atoms with Gasteiger partial charge in [-0.05, 0) is 38.5 Å². The van der Waals surface area contributed by atoms with E-state index in [-0.39, 0.29) is 0 Å². The van der Waals surface area contributed by atoms with Crippen molar-refractivity contribution in [2.45, 2.75) is 32.4 Å². The number of esters is 1. The first-order valence-corrected chi connectivity index (χ1v) is 6.60. The number of carbonyl (C=O) groups is 3. The third kappa shape index (κ3) is 4.56. The molecule has 0 saturated heterocycles. The number of ether oxygens (including phenoxy) is 2. The standard InChI is InChI=1S/C15H20N2O5/c1-15(2,3)22-14(20)17(9-18)11-7-5-10(6-8-11)12(16)13(19)21-4/h5-9,12H,16H2,1-4H3/t12-/m1/s1. The molecule has 0 aliphatic rings. The number of hydrogen-bond donors (Lipinski definition) is 1. The van der Waals surface area contributed by atoms with Crippen LogP contribution in [0.15, 0.2) is 24.3 Å². The van der Waals surface area contributed by atoms with Crippen LogP contribution in [0.3, 0.4) is 0 Å². The molecule has 1 rings (SSSR count). The number of benzene rings is 1. The molecule has 0 radical (unpaired) electrons. The van der Waals surface area contributed by atoms with Crippen molar-refractivity contribution < 1.29 is 23.9 Å². The summed E-state index contributed by atoms with van der Waals surface area (Å²) in [6, 6.07) is 5.15. The minimum atomic E-state index is -0.926. The third-order valence-corrected chi connectivity index (χ3v) is 2.68. The largest absolute Gasteiger partial charge is 0.468 e. The molecule has 7 heteroatoms. The molecular weight excluding hydrogens is 288 g/mol. The van der Waals surface area contributed by atoms with Crippen LogP contribution < -0.4 is 10.6 Å². The van der Waals surface area contributed by atoms with Gasteiger partial charge >= 0.3 is 12.1 Å². The van der Waals surface area contributed by atoms with Gasteiger partial charge in [-0.3, -0.25) is 9.59 Å². The van der Waals surface area contributed by atoms with Gasteiger partial charge in [0.15, 0.2) is 0 Å². The van der Waals surface area contributed by atoms with Crippen LogP contribution in [0.2, 0.25) is 0 Å². The van der Waals surface area contributed by atoms with E-state index in [0.717, 1.165) is 4.90 Å². The molecule has 0 unspecified atom stereocenters. The van der Waals surface area contributed by atoms with E-state index >= 15 is 0 Å². The van der Waals surface area contributed by atoms with E-state index in [1.54, 1.807) is 20.8 Å². The summed E-state index contributed by atoms with van der Waals surface area (Å²) in [7, 11) is 1.24. The van der Waals surface area contributed by atoms with Gasteiger partial charge in [0.25, 0.3) is 0 Å². The van der Waals surface area contributed by atoms with Crippen molar-refractivity contribution >= 4 is 24.2 Å². The van der Waals surface area contributed by atoms with Crippen molar-refractivity contribution in [3.8, 4) is 0 Å². The van der Waals surface area contributed by atoms with Gasteiger partial charge in [0.1, 0.15) is 11.6 Å². The minimum absolute atomic E-state index is 0.310. The second-order valence-corrected chi connectivity index (χ2v) is 5.55. The number of amides is 2. The monoisotopic (exact) mass is 308 g/mol. The zero-order valence-electron chi connectivity index (χ0n) is 13.0. The summed E-state index contributed by atoms with van der Waals surface area (Å²) >= 11 is 0. The van der Waals surface area contributed by atoms with Crippen LogP contribution in [0.25, 0.3) is 0 Å². The Morgan fingerprint density at radius 2 is 1.77 bits per heavy atom. The van der Waals surface area contributed by atoms with E-state index in [2.05, 4.69) is 4.74 Å². The first-order valence-electron chi connectivity index (χ1n) is 6.60. The fraction of sp³-hybridized carbons (Fsp3) is 0.400. The van der Waals surface area contributed by atoms with Gasteiger partial charge in [-0.1, -0.05) is 12.1 Å². The molecule has 0 aliphatic carbocycles. The lowest BCUT2D eigenvalue weighted by molar-refractivity contribution is -0.142. The number of nitrogens with two attached hydrogens (primary N) is 1. The van der Waals surface area contributed by atoms with Gasteiger partial charge in [0, 0.05) is 0 Å². The van der Waals surface area contributed by atoms with E-state index in [9.17, 15) is 14.4 Å².